The Hall–Kier alpha value is -1.53. The van der Waals surface area contributed by atoms with E-state index in [2.05, 4.69) is 11.4 Å². The average molecular weight is 190 g/mol. The first-order valence-corrected chi connectivity index (χ1v) is 4.56. The molecule has 0 amide bonds. The van der Waals surface area contributed by atoms with E-state index in [-0.39, 0.29) is 0 Å². The number of anilines is 1. The fraction of sp³-hybridized carbons (Fsp3) is 0.364. The third-order valence-corrected chi connectivity index (χ3v) is 1.97. The monoisotopic (exact) mass is 190 g/mol. The SMILES string of the molecule is Cc1cccc(NC[C@H](C)O)c1C#N. The summed E-state index contributed by atoms with van der Waals surface area (Å²) in [6, 6.07) is 7.77. The van der Waals surface area contributed by atoms with Crippen LogP contribution in [0.2, 0.25) is 0 Å². The number of benzene rings is 1. The Morgan fingerprint density at radius 3 is 2.86 bits per heavy atom. The van der Waals surface area contributed by atoms with Crippen LogP contribution in [-0.2, 0) is 0 Å². The number of aliphatic hydroxyl groups is 1. The van der Waals surface area contributed by atoms with Crippen LogP contribution >= 0.6 is 0 Å². The molecule has 0 aromatic heterocycles. The summed E-state index contributed by atoms with van der Waals surface area (Å²) in [5.74, 6) is 0. The molecule has 1 aromatic carbocycles. The van der Waals surface area contributed by atoms with Crippen molar-refractivity contribution >= 4 is 5.69 Å². The molecule has 0 saturated carbocycles. The normalized spacial score (nSPS) is 11.9. The van der Waals surface area contributed by atoms with Crippen molar-refractivity contribution in [2.24, 2.45) is 0 Å². The fourth-order valence-electron chi connectivity index (χ4n) is 1.22. The third kappa shape index (κ3) is 2.48. The zero-order chi connectivity index (χ0) is 10.6. The Morgan fingerprint density at radius 2 is 2.29 bits per heavy atom. The summed E-state index contributed by atoms with van der Waals surface area (Å²) in [6.07, 6.45) is -0.415. The van der Waals surface area contributed by atoms with Crippen molar-refractivity contribution in [3.8, 4) is 6.07 Å². The quantitative estimate of drug-likeness (QED) is 0.762. The highest BCUT2D eigenvalue weighted by atomic mass is 16.3. The van der Waals surface area contributed by atoms with Crippen LogP contribution in [0.5, 0.6) is 0 Å². The van der Waals surface area contributed by atoms with E-state index < -0.39 is 6.10 Å². The van der Waals surface area contributed by atoms with Crippen molar-refractivity contribution in [3.05, 3.63) is 29.3 Å². The minimum absolute atomic E-state index is 0.415. The van der Waals surface area contributed by atoms with Crippen molar-refractivity contribution in [1.82, 2.24) is 0 Å². The first kappa shape index (κ1) is 10.6. The van der Waals surface area contributed by atoms with Crippen LogP contribution in [0.4, 0.5) is 5.69 Å². The lowest BCUT2D eigenvalue weighted by Gasteiger charge is -2.10. The van der Waals surface area contributed by atoms with Gasteiger partial charge in [-0.2, -0.15) is 5.26 Å². The van der Waals surface area contributed by atoms with Gasteiger partial charge in [-0.1, -0.05) is 12.1 Å². The van der Waals surface area contributed by atoms with Gasteiger partial charge >= 0.3 is 0 Å². The van der Waals surface area contributed by atoms with Crippen LogP contribution in [0.1, 0.15) is 18.1 Å². The van der Waals surface area contributed by atoms with Crippen molar-refractivity contribution in [1.29, 1.82) is 5.26 Å². The van der Waals surface area contributed by atoms with Crippen LogP contribution in [0.15, 0.2) is 18.2 Å². The Morgan fingerprint density at radius 1 is 1.57 bits per heavy atom. The van der Waals surface area contributed by atoms with E-state index in [1.54, 1.807) is 6.92 Å². The molecule has 3 nitrogen and oxygen atoms in total. The van der Waals surface area contributed by atoms with Crippen LogP contribution in [0.3, 0.4) is 0 Å². The number of rotatable bonds is 3. The number of hydrogen-bond donors (Lipinski definition) is 2. The minimum atomic E-state index is -0.415. The molecule has 1 rings (SSSR count). The predicted molar refractivity (Wildman–Crippen MR) is 56.1 cm³/mol. The molecule has 0 spiro atoms. The van der Waals surface area contributed by atoms with Crippen molar-refractivity contribution in [2.45, 2.75) is 20.0 Å². The van der Waals surface area contributed by atoms with Gasteiger partial charge in [-0.05, 0) is 25.5 Å². The van der Waals surface area contributed by atoms with E-state index in [1.165, 1.54) is 0 Å². The van der Waals surface area contributed by atoms with Gasteiger partial charge in [0.1, 0.15) is 6.07 Å². The van der Waals surface area contributed by atoms with E-state index in [0.29, 0.717) is 12.1 Å². The van der Waals surface area contributed by atoms with Crippen molar-refractivity contribution < 1.29 is 5.11 Å². The first-order valence-electron chi connectivity index (χ1n) is 4.56. The summed E-state index contributed by atoms with van der Waals surface area (Å²) >= 11 is 0. The maximum absolute atomic E-state index is 9.10. The smallest absolute Gasteiger partial charge is 0.102 e. The lowest BCUT2D eigenvalue weighted by Crippen LogP contribution is -2.16. The molecule has 14 heavy (non-hydrogen) atoms. The molecular weight excluding hydrogens is 176 g/mol. The minimum Gasteiger partial charge on any atom is -0.392 e. The molecule has 0 aliphatic rings. The van der Waals surface area contributed by atoms with Crippen LogP contribution in [0, 0.1) is 18.3 Å². The molecule has 74 valence electrons. The Labute approximate surface area is 84.0 Å². The van der Waals surface area contributed by atoms with Gasteiger partial charge in [0.05, 0.1) is 17.4 Å². The van der Waals surface area contributed by atoms with Gasteiger partial charge < -0.3 is 10.4 Å². The molecule has 0 radical (unpaired) electrons. The summed E-state index contributed by atoms with van der Waals surface area (Å²) < 4.78 is 0. The highest BCUT2D eigenvalue weighted by Crippen LogP contribution is 2.17. The second-order valence-electron chi connectivity index (χ2n) is 3.34. The molecule has 2 N–H and O–H groups in total. The third-order valence-electron chi connectivity index (χ3n) is 1.97. The molecule has 1 aromatic rings. The molecule has 3 heteroatoms. The van der Waals surface area contributed by atoms with Gasteiger partial charge in [0, 0.05) is 6.54 Å². The molecule has 0 heterocycles. The highest BCUT2D eigenvalue weighted by molar-refractivity contribution is 5.60. The van der Waals surface area contributed by atoms with Crippen LogP contribution < -0.4 is 5.32 Å². The molecule has 0 fully saturated rings. The number of aryl methyl sites for hydroxylation is 1. The van der Waals surface area contributed by atoms with Gasteiger partial charge in [0.15, 0.2) is 0 Å². The van der Waals surface area contributed by atoms with E-state index in [0.717, 1.165) is 11.3 Å². The maximum Gasteiger partial charge on any atom is 0.102 e. The van der Waals surface area contributed by atoms with Gasteiger partial charge in [-0.25, -0.2) is 0 Å². The van der Waals surface area contributed by atoms with E-state index in [1.807, 2.05) is 25.1 Å². The first-order chi connectivity index (χ1) is 6.65. The fourth-order valence-corrected chi connectivity index (χ4v) is 1.22. The molecule has 1 atom stereocenters. The number of nitriles is 1. The summed E-state index contributed by atoms with van der Waals surface area (Å²) in [6.45, 7) is 4.05. The number of aliphatic hydroxyl groups excluding tert-OH is 1. The molecule has 0 aliphatic carbocycles. The standard InChI is InChI=1S/C11H14N2O/c1-8-4-3-5-11(10(8)6-12)13-7-9(2)14/h3-5,9,13-14H,7H2,1-2H3/t9-/m0/s1. The summed E-state index contributed by atoms with van der Waals surface area (Å²) in [4.78, 5) is 0. The second-order valence-corrected chi connectivity index (χ2v) is 3.34. The highest BCUT2D eigenvalue weighted by Gasteiger charge is 2.04. The number of nitrogens with zero attached hydrogens (tertiary/aromatic N) is 1. The molecule has 0 bridgehead atoms. The summed E-state index contributed by atoms with van der Waals surface area (Å²) in [5, 5.41) is 21.0. The number of hydrogen-bond acceptors (Lipinski definition) is 3. The van der Waals surface area contributed by atoms with E-state index >= 15 is 0 Å². The van der Waals surface area contributed by atoms with Crippen molar-refractivity contribution in [2.75, 3.05) is 11.9 Å². The van der Waals surface area contributed by atoms with Crippen molar-refractivity contribution in [3.63, 3.8) is 0 Å². The predicted octanol–water partition coefficient (Wildman–Crippen LogP) is 1.66. The zero-order valence-electron chi connectivity index (χ0n) is 8.41. The molecular formula is C11H14N2O. The summed E-state index contributed by atoms with van der Waals surface area (Å²) in [5.41, 5.74) is 2.38. The largest absolute Gasteiger partial charge is 0.392 e. The Balaban J connectivity index is 2.87. The molecule has 0 saturated heterocycles. The Kier molecular flexibility index (Phi) is 3.49. The summed E-state index contributed by atoms with van der Waals surface area (Å²) in [7, 11) is 0. The van der Waals surface area contributed by atoms with Gasteiger partial charge in [0.2, 0.25) is 0 Å². The van der Waals surface area contributed by atoms with E-state index in [4.69, 9.17) is 10.4 Å². The van der Waals surface area contributed by atoms with Gasteiger partial charge in [0.25, 0.3) is 0 Å². The molecule has 0 aliphatic heterocycles. The lowest BCUT2D eigenvalue weighted by atomic mass is 10.1. The van der Waals surface area contributed by atoms with E-state index in [9.17, 15) is 0 Å². The topological polar surface area (TPSA) is 56.0 Å². The Bertz CT molecular complexity index is 353. The van der Waals surface area contributed by atoms with Gasteiger partial charge in [-0.3, -0.25) is 0 Å². The van der Waals surface area contributed by atoms with Crippen LogP contribution in [0.25, 0.3) is 0 Å². The average Bonchev–Trinajstić information content (AvgIpc) is 2.14. The second kappa shape index (κ2) is 4.64. The van der Waals surface area contributed by atoms with Crippen LogP contribution in [-0.4, -0.2) is 17.8 Å². The van der Waals surface area contributed by atoms with Gasteiger partial charge in [-0.15, -0.1) is 0 Å². The lowest BCUT2D eigenvalue weighted by molar-refractivity contribution is 0.208. The maximum atomic E-state index is 9.10. The number of nitrogens with one attached hydrogen (secondary N) is 1. The zero-order valence-corrected chi connectivity index (χ0v) is 8.41. The molecule has 0 unspecified atom stereocenters.